The Morgan fingerprint density at radius 2 is 1.84 bits per heavy atom. The Kier molecular flexibility index (Phi) is 8.79. The molecule has 0 saturated carbocycles. The molecule has 1 rings (SSSR count). The van der Waals surface area contributed by atoms with E-state index in [0.29, 0.717) is 38.0 Å². The third-order valence-electron chi connectivity index (χ3n) is 2.64. The van der Waals surface area contributed by atoms with Crippen molar-refractivity contribution in [2.24, 2.45) is 5.73 Å². The molecule has 0 radical (unpaired) electrons. The quantitative estimate of drug-likeness (QED) is 0.672. The largest absolute Gasteiger partial charge is 0.382 e. The average molecular weight is 288 g/mol. The summed E-state index contributed by atoms with van der Waals surface area (Å²) in [5.41, 5.74) is 6.77. The van der Waals surface area contributed by atoms with Gasteiger partial charge in [-0.3, -0.25) is 0 Å². The van der Waals surface area contributed by atoms with Gasteiger partial charge in [-0.25, -0.2) is 0 Å². The number of methoxy groups -OCH3 is 1. The molecule has 2 N–H and O–H groups in total. The van der Waals surface area contributed by atoms with E-state index in [1.807, 2.05) is 24.3 Å². The molecule has 19 heavy (non-hydrogen) atoms. The molecule has 0 fully saturated rings. The highest BCUT2D eigenvalue weighted by Crippen LogP contribution is 2.18. The smallest absolute Gasteiger partial charge is 0.0947 e. The van der Waals surface area contributed by atoms with Crippen LogP contribution in [-0.2, 0) is 14.2 Å². The topological polar surface area (TPSA) is 53.7 Å². The van der Waals surface area contributed by atoms with Gasteiger partial charge < -0.3 is 19.9 Å². The van der Waals surface area contributed by atoms with E-state index in [1.165, 1.54) is 0 Å². The SMILES string of the molecule is COCCOCCCOC(CN)c1ccc(Cl)cc1. The standard InChI is InChI=1S/C14H22ClNO3/c1-17-9-10-18-7-2-8-19-14(11-16)12-3-5-13(15)6-4-12/h3-6,14H,2,7-11,16H2,1H3. The van der Waals surface area contributed by atoms with Gasteiger partial charge in [-0.1, -0.05) is 23.7 Å². The van der Waals surface area contributed by atoms with Gasteiger partial charge in [0.25, 0.3) is 0 Å². The lowest BCUT2D eigenvalue weighted by molar-refractivity contribution is 0.0261. The van der Waals surface area contributed by atoms with Crippen LogP contribution in [0.4, 0.5) is 0 Å². The fourth-order valence-corrected chi connectivity index (χ4v) is 1.73. The second kappa shape index (κ2) is 10.2. The molecule has 1 aromatic carbocycles. The predicted octanol–water partition coefficient (Wildman–Crippen LogP) is 2.41. The van der Waals surface area contributed by atoms with E-state index in [0.717, 1.165) is 12.0 Å². The highest BCUT2D eigenvalue weighted by atomic mass is 35.5. The van der Waals surface area contributed by atoms with E-state index in [2.05, 4.69) is 0 Å². The van der Waals surface area contributed by atoms with Crippen molar-refractivity contribution in [1.29, 1.82) is 0 Å². The van der Waals surface area contributed by atoms with Gasteiger partial charge in [-0.05, 0) is 24.1 Å². The summed E-state index contributed by atoms with van der Waals surface area (Å²) in [4.78, 5) is 0. The van der Waals surface area contributed by atoms with E-state index in [9.17, 15) is 0 Å². The van der Waals surface area contributed by atoms with Crippen LogP contribution in [0, 0.1) is 0 Å². The van der Waals surface area contributed by atoms with Crippen molar-refractivity contribution in [3.05, 3.63) is 34.9 Å². The summed E-state index contributed by atoms with van der Waals surface area (Å²) in [7, 11) is 1.66. The van der Waals surface area contributed by atoms with E-state index < -0.39 is 0 Å². The van der Waals surface area contributed by atoms with E-state index in [-0.39, 0.29) is 6.10 Å². The van der Waals surface area contributed by atoms with E-state index in [1.54, 1.807) is 7.11 Å². The third kappa shape index (κ3) is 6.89. The summed E-state index contributed by atoms with van der Waals surface area (Å²) in [6, 6.07) is 7.57. The molecule has 1 unspecified atom stereocenters. The lowest BCUT2D eigenvalue weighted by Crippen LogP contribution is -2.17. The molecular weight excluding hydrogens is 266 g/mol. The van der Waals surface area contributed by atoms with Crippen LogP contribution in [0.3, 0.4) is 0 Å². The molecule has 108 valence electrons. The first-order chi connectivity index (χ1) is 9.27. The highest BCUT2D eigenvalue weighted by molar-refractivity contribution is 6.30. The molecule has 1 aromatic rings. The zero-order valence-electron chi connectivity index (χ0n) is 11.3. The maximum atomic E-state index is 5.85. The lowest BCUT2D eigenvalue weighted by Gasteiger charge is -2.16. The minimum absolute atomic E-state index is 0.0868. The zero-order valence-corrected chi connectivity index (χ0v) is 12.1. The van der Waals surface area contributed by atoms with Crippen LogP contribution in [0.25, 0.3) is 0 Å². The van der Waals surface area contributed by atoms with Crippen LogP contribution in [0.15, 0.2) is 24.3 Å². The van der Waals surface area contributed by atoms with E-state index >= 15 is 0 Å². The van der Waals surface area contributed by atoms with Gasteiger partial charge in [0, 0.05) is 31.9 Å². The fraction of sp³-hybridized carbons (Fsp3) is 0.571. The molecule has 0 saturated heterocycles. The fourth-order valence-electron chi connectivity index (χ4n) is 1.61. The maximum absolute atomic E-state index is 5.85. The molecule has 0 aliphatic carbocycles. The third-order valence-corrected chi connectivity index (χ3v) is 2.89. The Hall–Kier alpha value is -0.650. The normalized spacial score (nSPS) is 12.6. The number of hydrogen-bond acceptors (Lipinski definition) is 4. The van der Waals surface area contributed by atoms with Crippen molar-refractivity contribution < 1.29 is 14.2 Å². The monoisotopic (exact) mass is 287 g/mol. The second-order valence-corrected chi connectivity index (χ2v) is 4.54. The number of hydrogen-bond donors (Lipinski definition) is 1. The number of nitrogens with two attached hydrogens (primary N) is 1. The summed E-state index contributed by atoms with van der Waals surface area (Å²) in [5.74, 6) is 0. The van der Waals surface area contributed by atoms with Gasteiger partial charge in [0.1, 0.15) is 0 Å². The molecule has 5 heteroatoms. The number of benzene rings is 1. The summed E-state index contributed by atoms with van der Waals surface area (Å²) in [5, 5.41) is 0.714. The summed E-state index contributed by atoms with van der Waals surface area (Å²) in [6.45, 7) is 2.98. The molecule has 0 bridgehead atoms. The van der Waals surface area contributed by atoms with Crippen LogP contribution in [0.5, 0.6) is 0 Å². The predicted molar refractivity (Wildman–Crippen MR) is 76.5 cm³/mol. The molecule has 0 aromatic heterocycles. The molecule has 1 atom stereocenters. The van der Waals surface area contributed by atoms with Crippen LogP contribution >= 0.6 is 11.6 Å². The summed E-state index contributed by atoms with van der Waals surface area (Å²) >= 11 is 5.85. The van der Waals surface area contributed by atoms with Crippen molar-refractivity contribution in [2.75, 3.05) is 40.1 Å². The average Bonchev–Trinajstić information content (AvgIpc) is 2.43. The van der Waals surface area contributed by atoms with Crippen LogP contribution < -0.4 is 5.73 Å². The number of rotatable bonds is 10. The summed E-state index contributed by atoms with van der Waals surface area (Å²) in [6.07, 6.45) is 0.754. The Morgan fingerprint density at radius 3 is 2.47 bits per heavy atom. The summed E-state index contributed by atoms with van der Waals surface area (Å²) < 4.78 is 16.0. The Bertz CT molecular complexity index is 332. The van der Waals surface area contributed by atoms with Crippen LogP contribution in [0.2, 0.25) is 5.02 Å². The Morgan fingerprint density at radius 1 is 1.11 bits per heavy atom. The minimum atomic E-state index is -0.0868. The first-order valence-electron chi connectivity index (χ1n) is 6.41. The molecule has 4 nitrogen and oxygen atoms in total. The lowest BCUT2D eigenvalue weighted by atomic mass is 10.1. The molecular formula is C14H22ClNO3. The number of ether oxygens (including phenoxy) is 3. The zero-order chi connectivity index (χ0) is 13.9. The van der Waals surface area contributed by atoms with Crippen LogP contribution in [0.1, 0.15) is 18.1 Å². The molecule has 0 aliphatic rings. The Balaban J connectivity index is 2.20. The number of halogens is 1. The van der Waals surface area contributed by atoms with Crippen LogP contribution in [-0.4, -0.2) is 40.1 Å². The van der Waals surface area contributed by atoms with Crippen molar-refractivity contribution in [2.45, 2.75) is 12.5 Å². The van der Waals surface area contributed by atoms with Gasteiger partial charge in [-0.2, -0.15) is 0 Å². The van der Waals surface area contributed by atoms with Gasteiger partial charge in [-0.15, -0.1) is 0 Å². The Labute approximate surface area is 119 Å². The molecule has 0 heterocycles. The van der Waals surface area contributed by atoms with Crippen molar-refractivity contribution >= 4 is 11.6 Å². The van der Waals surface area contributed by atoms with Gasteiger partial charge in [0.2, 0.25) is 0 Å². The van der Waals surface area contributed by atoms with E-state index in [4.69, 9.17) is 31.5 Å². The minimum Gasteiger partial charge on any atom is -0.382 e. The van der Waals surface area contributed by atoms with Gasteiger partial charge >= 0.3 is 0 Å². The first kappa shape index (κ1) is 16.4. The molecule has 0 aliphatic heterocycles. The maximum Gasteiger partial charge on any atom is 0.0947 e. The van der Waals surface area contributed by atoms with Crippen molar-refractivity contribution in [3.63, 3.8) is 0 Å². The first-order valence-corrected chi connectivity index (χ1v) is 6.79. The molecule has 0 amide bonds. The van der Waals surface area contributed by atoms with Gasteiger partial charge in [0.05, 0.1) is 19.3 Å². The van der Waals surface area contributed by atoms with Crippen molar-refractivity contribution in [3.8, 4) is 0 Å². The second-order valence-electron chi connectivity index (χ2n) is 4.11. The van der Waals surface area contributed by atoms with Crippen molar-refractivity contribution in [1.82, 2.24) is 0 Å². The molecule has 0 spiro atoms. The highest BCUT2D eigenvalue weighted by Gasteiger charge is 2.09. The van der Waals surface area contributed by atoms with Gasteiger partial charge in [0.15, 0.2) is 0 Å².